The quantitative estimate of drug-likeness (QED) is 0.768. The molecule has 0 spiro atoms. The van der Waals surface area contributed by atoms with Crippen molar-refractivity contribution in [2.75, 3.05) is 18.0 Å². The van der Waals surface area contributed by atoms with E-state index < -0.39 is 0 Å². The van der Waals surface area contributed by atoms with Gasteiger partial charge in [0.25, 0.3) is 5.91 Å². The minimum Gasteiger partial charge on any atom is -0.367 e. The van der Waals surface area contributed by atoms with Crippen LogP contribution in [0.5, 0.6) is 0 Å². The number of hydrogen-bond acceptors (Lipinski definition) is 4. The lowest BCUT2D eigenvalue weighted by Gasteiger charge is -2.33. The summed E-state index contributed by atoms with van der Waals surface area (Å²) < 4.78 is 1.80. The molecule has 0 saturated carbocycles. The molecular weight excluding hydrogens is 304 g/mol. The molecule has 1 saturated heterocycles. The van der Waals surface area contributed by atoms with Crippen LogP contribution in [0.15, 0.2) is 36.9 Å². The molecule has 0 aliphatic carbocycles. The predicted molar refractivity (Wildman–Crippen MR) is 92.0 cm³/mol. The summed E-state index contributed by atoms with van der Waals surface area (Å²) in [4.78, 5) is 22.0. The number of piperidine rings is 1. The van der Waals surface area contributed by atoms with Gasteiger partial charge in [-0.3, -0.25) is 9.48 Å². The maximum atomic E-state index is 12.5. The van der Waals surface area contributed by atoms with Gasteiger partial charge in [0.1, 0.15) is 0 Å². The average molecular weight is 324 g/mol. The molecule has 1 aromatic carbocycles. The number of aromatic nitrogens is 4. The van der Waals surface area contributed by atoms with Crippen molar-refractivity contribution < 1.29 is 4.79 Å². The third kappa shape index (κ3) is 2.84. The van der Waals surface area contributed by atoms with Gasteiger partial charge in [0, 0.05) is 37.9 Å². The van der Waals surface area contributed by atoms with Crippen molar-refractivity contribution in [3.8, 4) is 0 Å². The van der Waals surface area contributed by atoms with E-state index in [1.807, 2.05) is 37.6 Å². The normalized spacial score (nSPS) is 18.0. The third-order valence-electron chi connectivity index (χ3n) is 4.50. The highest BCUT2D eigenvalue weighted by molar-refractivity contribution is 5.97. The monoisotopic (exact) mass is 324 g/mol. The van der Waals surface area contributed by atoms with Crippen LogP contribution in [0, 0.1) is 0 Å². The van der Waals surface area contributed by atoms with Gasteiger partial charge in [-0.05, 0) is 31.0 Å². The summed E-state index contributed by atoms with van der Waals surface area (Å²) in [5.41, 5.74) is 3.51. The van der Waals surface area contributed by atoms with Gasteiger partial charge >= 0.3 is 0 Å². The summed E-state index contributed by atoms with van der Waals surface area (Å²) in [6.07, 6.45) is 7.57. The Morgan fingerprint density at radius 3 is 3.17 bits per heavy atom. The molecule has 4 rings (SSSR count). The van der Waals surface area contributed by atoms with Gasteiger partial charge in [-0.15, -0.1) is 0 Å². The van der Waals surface area contributed by atoms with Crippen LogP contribution >= 0.6 is 0 Å². The number of benzene rings is 1. The number of aryl methyl sites for hydroxylation is 1. The van der Waals surface area contributed by atoms with Crippen LogP contribution in [-0.4, -0.2) is 44.8 Å². The Morgan fingerprint density at radius 1 is 1.42 bits per heavy atom. The van der Waals surface area contributed by atoms with E-state index in [0.29, 0.717) is 5.56 Å². The van der Waals surface area contributed by atoms with Gasteiger partial charge < -0.3 is 15.2 Å². The van der Waals surface area contributed by atoms with Gasteiger partial charge in [0.05, 0.1) is 29.2 Å². The average Bonchev–Trinajstić information content (AvgIpc) is 3.23. The first kappa shape index (κ1) is 14.7. The second kappa shape index (κ2) is 5.99. The number of carbonyl (C=O) groups excluding carboxylic acids is 1. The van der Waals surface area contributed by atoms with Crippen molar-refractivity contribution >= 4 is 22.6 Å². The highest BCUT2D eigenvalue weighted by atomic mass is 16.1. The Balaban J connectivity index is 1.44. The number of hydrogen-bond donors (Lipinski definition) is 2. The summed E-state index contributed by atoms with van der Waals surface area (Å²) in [7, 11) is 1.91. The van der Waals surface area contributed by atoms with Crippen molar-refractivity contribution in [3.63, 3.8) is 0 Å². The summed E-state index contributed by atoms with van der Waals surface area (Å²) in [6.45, 7) is 1.81. The zero-order chi connectivity index (χ0) is 16.5. The molecule has 1 aliphatic heterocycles. The van der Waals surface area contributed by atoms with Crippen LogP contribution < -0.4 is 10.2 Å². The molecule has 0 radical (unpaired) electrons. The second-order valence-corrected chi connectivity index (χ2v) is 6.27. The van der Waals surface area contributed by atoms with Gasteiger partial charge in [-0.2, -0.15) is 5.10 Å². The van der Waals surface area contributed by atoms with Gasteiger partial charge in [0.15, 0.2) is 0 Å². The van der Waals surface area contributed by atoms with Crippen molar-refractivity contribution in [2.45, 2.75) is 18.9 Å². The van der Waals surface area contributed by atoms with Crippen molar-refractivity contribution in [2.24, 2.45) is 7.05 Å². The molecule has 1 amide bonds. The number of carbonyl (C=O) groups is 1. The second-order valence-electron chi connectivity index (χ2n) is 6.27. The number of nitrogens with one attached hydrogen (secondary N) is 2. The summed E-state index contributed by atoms with van der Waals surface area (Å²) in [5, 5.41) is 7.38. The van der Waals surface area contributed by atoms with Crippen molar-refractivity contribution in [1.82, 2.24) is 25.1 Å². The molecule has 1 fully saturated rings. The Morgan fingerprint density at radius 2 is 2.33 bits per heavy atom. The number of nitrogens with zero attached hydrogens (tertiary/aromatic N) is 4. The van der Waals surface area contributed by atoms with E-state index in [4.69, 9.17) is 0 Å². The lowest BCUT2D eigenvalue weighted by Crippen LogP contribution is -2.47. The van der Waals surface area contributed by atoms with Crippen LogP contribution in [0.4, 0.5) is 5.69 Å². The van der Waals surface area contributed by atoms with Crippen LogP contribution in [0.2, 0.25) is 0 Å². The molecule has 124 valence electrons. The fraction of sp³-hybridized carbons (Fsp3) is 0.353. The van der Waals surface area contributed by atoms with Gasteiger partial charge in [0.2, 0.25) is 0 Å². The Labute approximate surface area is 139 Å². The fourth-order valence-electron chi connectivity index (χ4n) is 3.25. The molecule has 1 atom stereocenters. The van der Waals surface area contributed by atoms with E-state index in [1.54, 1.807) is 11.0 Å². The van der Waals surface area contributed by atoms with Crippen LogP contribution in [0.25, 0.3) is 11.0 Å². The zero-order valence-electron chi connectivity index (χ0n) is 13.6. The number of aromatic amines is 1. The highest BCUT2D eigenvalue weighted by Crippen LogP contribution is 2.19. The molecule has 0 unspecified atom stereocenters. The topological polar surface area (TPSA) is 78.8 Å². The van der Waals surface area contributed by atoms with E-state index in [1.165, 1.54) is 0 Å². The van der Waals surface area contributed by atoms with E-state index in [0.717, 1.165) is 42.7 Å². The lowest BCUT2D eigenvalue weighted by atomic mass is 10.0. The Hall–Kier alpha value is -2.83. The van der Waals surface area contributed by atoms with Crippen LogP contribution in [-0.2, 0) is 7.05 Å². The molecule has 7 nitrogen and oxygen atoms in total. The Bertz CT molecular complexity index is 867. The fourth-order valence-corrected chi connectivity index (χ4v) is 3.25. The maximum Gasteiger partial charge on any atom is 0.251 e. The highest BCUT2D eigenvalue weighted by Gasteiger charge is 2.23. The molecular formula is C17H20N6O. The molecule has 1 aliphatic rings. The molecule has 2 N–H and O–H groups in total. The minimum atomic E-state index is -0.0375. The first-order valence-electron chi connectivity index (χ1n) is 8.16. The summed E-state index contributed by atoms with van der Waals surface area (Å²) in [6, 6.07) is 5.67. The zero-order valence-corrected chi connectivity index (χ0v) is 13.6. The van der Waals surface area contributed by atoms with Gasteiger partial charge in [-0.1, -0.05) is 0 Å². The van der Waals surface area contributed by atoms with Crippen molar-refractivity contribution in [1.29, 1.82) is 0 Å². The molecule has 3 aromatic rings. The number of fused-ring (bicyclic) bond motifs is 1. The standard InChI is InChI=1S/C17H20N6O/c1-22-10-14(8-20-22)23-6-2-3-13(9-23)21-17(24)12-4-5-15-16(7-12)19-11-18-15/h4-5,7-8,10-11,13H,2-3,6,9H2,1H3,(H,18,19)(H,21,24)/t13-/m0/s1. The Kier molecular flexibility index (Phi) is 3.68. The van der Waals surface area contributed by atoms with E-state index in [9.17, 15) is 4.79 Å². The number of H-pyrrole nitrogens is 1. The molecule has 0 bridgehead atoms. The number of amides is 1. The summed E-state index contributed by atoms with van der Waals surface area (Å²) >= 11 is 0. The first-order valence-corrected chi connectivity index (χ1v) is 8.16. The lowest BCUT2D eigenvalue weighted by molar-refractivity contribution is 0.0933. The van der Waals surface area contributed by atoms with Gasteiger partial charge in [-0.25, -0.2) is 4.98 Å². The number of rotatable bonds is 3. The molecule has 7 heteroatoms. The minimum absolute atomic E-state index is 0.0375. The van der Waals surface area contributed by atoms with Crippen LogP contribution in [0.3, 0.4) is 0 Å². The largest absolute Gasteiger partial charge is 0.367 e. The van der Waals surface area contributed by atoms with Crippen LogP contribution in [0.1, 0.15) is 23.2 Å². The summed E-state index contributed by atoms with van der Waals surface area (Å²) in [5.74, 6) is -0.0375. The molecule has 2 aromatic heterocycles. The maximum absolute atomic E-state index is 12.5. The third-order valence-corrected chi connectivity index (χ3v) is 4.50. The van der Waals surface area contributed by atoms with Crippen molar-refractivity contribution in [3.05, 3.63) is 42.5 Å². The predicted octanol–water partition coefficient (Wildman–Crippen LogP) is 1.70. The number of anilines is 1. The molecule has 24 heavy (non-hydrogen) atoms. The number of imidazole rings is 1. The SMILES string of the molecule is Cn1cc(N2CCC[C@H](NC(=O)c3ccc4nc[nH]c4c3)C2)cn1. The molecule has 3 heterocycles. The first-order chi connectivity index (χ1) is 11.7. The smallest absolute Gasteiger partial charge is 0.251 e. The van der Waals surface area contributed by atoms with E-state index in [-0.39, 0.29) is 11.9 Å². The van der Waals surface area contributed by atoms with E-state index in [2.05, 4.69) is 25.3 Å². The van der Waals surface area contributed by atoms with E-state index >= 15 is 0 Å².